The molecule has 0 atom stereocenters. The van der Waals surface area contributed by atoms with E-state index < -0.39 is 11.7 Å². The minimum atomic E-state index is -4.78. The molecule has 0 bridgehead atoms. The van der Waals surface area contributed by atoms with Crippen molar-refractivity contribution in [2.45, 2.75) is 6.18 Å². The van der Waals surface area contributed by atoms with E-state index in [1.54, 1.807) is 86.0 Å². The van der Waals surface area contributed by atoms with Crippen LogP contribution in [0.4, 0.5) is 13.2 Å². The van der Waals surface area contributed by atoms with Crippen LogP contribution in [-0.2, 0) is 6.18 Å². The second-order valence-electron chi connectivity index (χ2n) is 16.3. The first-order valence-corrected chi connectivity index (χ1v) is 21.7. The van der Waals surface area contributed by atoms with Gasteiger partial charge in [0.1, 0.15) is 11.6 Å². The predicted octanol–water partition coefficient (Wildman–Crippen LogP) is 12.1. The van der Waals surface area contributed by atoms with Crippen LogP contribution in [0.2, 0.25) is 0 Å². The molecule has 0 fully saturated rings. The van der Waals surface area contributed by atoms with Crippen LogP contribution in [0.25, 0.3) is 112 Å². The fraction of sp³-hybridized carbons (Fsp3) is 0.0182. The van der Waals surface area contributed by atoms with Gasteiger partial charge >= 0.3 is 6.18 Å². The van der Waals surface area contributed by atoms with Gasteiger partial charge in [-0.15, -0.1) is 0 Å². The van der Waals surface area contributed by atoms with Gasteiger partial charge in [-0.2, -0.15) is 23.7 Å². The summed E-state index contributed by atoms with van der Waals surface area (Å²) in [6, 6.07) is 41.3. The number of nitriles is 2. The lowest BCUT2D eigenvalue weighted by molar-refractivity contribution is -0.137. The number of rotatable bonds is 7. The van der Waals surface area contributed by atoms with Gasteiger partial charge in [0.15, 0.2) is 23.3 Å². The molecule has 0 N–H and O–H groups in total. The summed E-state index contributed by atoms with van der Waals surface area (Å²) in [6.07, 6.45) is 8.54. The molecule has 0 radical (unpaired) electrons. The Morgan fingerprint density at radius 1 is 0.400 bits per heavy atom. The van der Waals surface area contributed by atoms with Crippen molar-refractivity contribution in [1.29, 1.82) is 10.5 Å². The zero-order valence-corrected chi connectivity index (χ0v) is 36.2. The molecule has 0 saturated carbocycles. The Morgan fingerprint density at radius 2 is 0.786 bits per heavy atom. The van der Waals surface area contributed by atoms with E-state index in [0.717, 1.165) is 55.8 Å². The standard InChI is InChI=1S/C55H29F3N12/c56-55(57,58)38-24-32(30-59)23-37(25-38)39-9-14-49(69-45-10-5-33(51-61-15-1-16-62-51)26-40(45)41-27-34(6-11-46(41)69)52-63-17-2-18-64-52)44(31-60)50(39)70-47-12-7-35(53-65-19-3-20-66-53)28-42(47)43-29-36(8-13-48(43)70)54-67-21-4-22-68-54/h1-29H. The van der Waals surface area contributed by atoms with Gasteiger partial charge in [0.05, 0.1) is 50.6 Å². The first-order valence-electron chi connectivity index (χ1n) is 21.7. The number of alkyl halides is 3. The fourth-order valence-electron chi connectivity index (χ4n) is 9.25. The van der Waals surface area contributed by atoms with Gasteiger partial charge in [-0.25, -0.2) is 39.9 Å². The highest BCUT2D eigenvalue weighted by Gasteiger charge is 2.33. The van der Waals surface area contributed by atoms with E-state index in [0.29, 0.717) is 51.1 Å². The first-order chi connectivity index (χ1) is 34.2. The molecule has 12 rings (SSSR count). The van der Waals surface area contributed by atoms with Crippen LogP contribution in [0.5, 0.6) is 0 Å². The van der Waals surface area contributed by atoms with Crippen molar-refractivity contribution in [2.75, 3.05) is 0 Å². The molecule has 0 amide bonds. The highest BCUT2D eigenvalue weighted by Crippen LogP contribution is 2.45. The third kappa shape index (κ3) is 6.92. The van der Waals surface area contributed by atoms with E-state index in [-0.39, 0.29) is 27.9 Å². The summed E-state index contributed by atoms with van der Waals surface area (Å²) in [6.45, 7) is 0. The quantitative estimate of drug-likeness (QED) is 0.150. The Kier molecular flexibility index (Phi) is 9.71. The van der Waals surface area contributed by atoms with Gasteiger partial charge in [-0.3, -0.25) is 0 Å². The maximum Gasteiger partial charge on any atom is 0.416 e. The molecule has 0 saturated heterocycles. The number of benzene rings is 6. The number of aromatic nitrogens is 10. The summed E-state index contributed by atoms with van der Waals surface area (Å²) in [5.74, 6) is 2.00. The van der Waals surface area contributed by atoms with E-state index in [1.165, 1.54) is 6.07 Å². The minimum absolute atomic E-state index is 0.0882. The number of halogens is 3. The predicted molar refractivity (Wildman–Crippen MR) is 259 cm³/mol. The molecule has 15 heteroatoms. The molecule has 0 unspecified atom stereocenters. The first kappa shape index (κ1) is 41.4. The minimum Gasteiger partial charge on any atom is -0.308 e. The van der Waals surface area contributed by atoms with Gasteiger partial charge in [-0.1, -0.05) is 6.07 Å². The Bertz CT molecular complexity index is 3930. The molecular formula is C55H29F3N12. The zero-order chi connectivity index (χ0) is 47.5. The summed E-state index contributed by atoms with van der Waals surface area (Å²) in [4.78, 5) is 36.1. The number of fused-ring (bicyclic) bond motifs is 6. The molecule has 0 spiro atoms. The van der Waals surface area contributed by atoms with Crippen LogP contribution >= 0.6 is 0 Å². The molecule has 70 heavy (non-hydrogen) atoms. The van der Waals surface area contributed by atoms with E-state index in [1.807, 2.05) is 88.0 Å². The average Bonchev–Trinajstić information content (AvgIpc) is 3.92. The van der Waals surface area contributed by atoms with Crippen LogP contribution in [0.3, 0.4) is 0 Å². The normalized spacial score (nSPS) is 11.6. The van der Waals surface area contributed by atoms with E-state index in [9.17, 15) is 23.7 Å². The largest absolute Gasteiger partial charge is 0.416 e. The van der Waals surface area contributed by atoms with Gasteiger partial charge in [0.25, 0.3) is 0 Å². The third-order valence-electron chi connectivity index (χ3n) is 12.3. The molecule has 0 aliphatic heterocycles. The summed E-state index contributed by atoms with van der Waals surface area (Å²) < 4.78 is 48.0. The van der Waals surface area contributed by atoms with E-state index >= 15 is 0 Å². The van der Waals surface area contributed by atoms with Crippen molar-refractivity contribution in [3.05, 3.63) is 194 Å². The molecule has 6 heterocycles. The summed E-state index contributed by atoms with van der Waals surface area (Å²) in [5.41, 5.74) is 5.69. The van der Waals surface area contributed by atoms with E-state index in [4.69, 9.17) is 0 Å². The van der Waals surface area contributed by atoms with Crippen LogP contribution in [0, 0.1) is 22.7 Å². The lowest BCUT2D eigenvalue weighted by Gasteiger charge is -2.21. The van der Waals surface area contributed by atoms with Crippen molar-refractivity contribution in [3.63, 3.8) is 0 Å². The highest BCUT2D eigenvalue weighted by molar-refractivity contribution is 6.14. The topological polar surface area (TPSA) is 161 Å². The third-order valence-corrected chi connectivity index (χ3v) is 12.3. The Balaban J connectivity index is 1.21. The molecule has 12 nitrogen and oxygen atoms in total. The SMILES string of the molecule is N#Cc1cc(-c2ccc(-n3c4ccc(-c5ncccn5)cc4c4cc(-c5ncccn5)ccc43)c(C#N)c2-n2c3ccc(-c4ncccn4)cc3c3cc(-c4ncccn4)ccc32)cc(C(F)(F)F)c1. The second kappa shape index (κ2) is 16.4. The van der Waals surface area contributed by atoms with Crippen molar-refractivity contribution in [1.82, 2.24) is 49.0 Å². The number of hydrogen-bond donors (Lipinski definition) is 0. The molecule has 330 valence electrons. The van der Waals surface area contributed by atoms with E-state index in [2.05, 4.69) is 45.9 Å². The molecule has 6 aromatic carbocycles. The number of hydrogen-bond acceptors (Lipinski definition) is 10. The lowest BCUT2D eigenvalue weighted by Crippen LogP contribution is -2.08. The summed E-state index contributed by atoms with van der Waals surface area (Å²) >= 11 is 0. The Labute approximate surface area is 395 Å². The average molecular weight is 915 g/mol. The summed E-state index contributed by atoms with van der Waals surface area (Å²) in [5, 5.41) is 25.0. The van der Waals surface area contributed by atoms with Crippen LogP contribution < -0.4 is 0 Å². The fourth-order valence-corrected chi connectivity index (χ4v) is 9.25. The van der Waals surface area contributed by atoms with Gasteiger partial charge < -0.3 is 9.13 Å². The monoisotopic (exact) mass is 914 g/mol. The van der Waals surface area contributed by atoms with Gasteiger partial charge in [0, 0.05) is 98.9 Å². The summed E-state index contributed by atoms with van der Waals surface area (Å²) in [7, 11) is 0. The van der Waals surface area contributed by atoms with Crippen molar-refractivity contribution >= 4 is 43.6 Å². The Hall–Kier alpha value is -9.99. The second-order valence-corrected chi connectivity index (χ2v) is 16.3. The zero-order valence-electron chi connectivity index (χ0n) is 36.2. The molecule has 6 aromatic heterocycles. The van der Waals surface area contributed by atoms with Crippen LogP contribution in [0.1, 0.15) is 16.7 Å². The van der Waals surface area contributed by atoms with Crippen LogP contribution in [-0.4, -0.2) is 49.0 Å². The van der Waals surface area contributed by atoms with Crippen molar-refractivity contribution in [2.24, 2.45) is 0 Å². The molecule has 12 aromatic rings. The van der Waals surface area contributed by atoms with Crippen LogP contribution in [0.15, 0.2) is 177 Å². The maximum absolute atomic E-state index is 14.7. The van der Waals surface area contributed by atoms with Gasteiger partial charge in [0.2, 0.25) is 0 Å². The molecule has 0 aliphatic rings. The van der Waals surface area contributed by atoms with Crippen molar-refractivity contribution in [3.8, 4) is 80.2 Å². The maximum atomic E-state index is 14.7. The Morgan fingerprint density at radius 3 is 1.14 bits per heavy atom. The van der Waals surface area contributed by atoms with Crippen molar-refractivity contribution < 1.29 is 13.2 Å². The highest BCUT2D eigenvalue weighted by atomic mass is 19.4. The van der Waals surface area contributed by atoms with Gasteiger partial charge in [-0.05, 0) is 127 Å². The molecular weight excluding hydrogens is 886 g/mol. The molecule has 0 aliphatic carbocycles. The lowest BCUT2D eigenvalue weighted by atomic mass is 9.95. The smallest absolute Gasteiger partial charge is 0.308 e. The number of nitrogens with zero attached hydrogens (tertiary/aromatic N) is 12.